The molecule has 0 N–H and O–H groups in total. The minimum absolute atomic E-state index is 0.873. The molecule has 86 valence electrons. The van der Waals surface area contributed by atoms with Crippen LogP contribution in [0.1, 0.15) is 18.4 Å². The second-order valence-electron chi connectivity index (χ2n) is 4.11. The van der Waals surface area contributed by atoms with Gasteiger partial charge in [0.25, 0.3) is 0 Å². The Morgan fingerprint density at radius 2 is 2.06 bits per heavy atom. The summed E-state index contributed by atoms with van der Waals surface area (Å²) < 4.78 is 5.36. The fraction of sp³-hybridized carbons (Fsp3) is 0.462. The van der Waals surface area contributed by atoms with Crippen LogP contribution in [0, 0.1) is 6.92 Å². The zero-order valence-electron chi connectivity index (χ0n) is 9.94. The second-order valence-corrected chi connectivity index (χ2v) is 4.11. The number of methoxy groups -OCH3 is 1. The largest absolute Gasteiger partial charge is 0.494 e. The molecule has 1 heterocycles. The van der Waals surface area contributed by atoms with Gasteiger partial charge in [0.15, 0.2) is 0 Å². The van der Waals surface area contributed by atoms with E-state index in [1.54, 1.807) is 7.11 Å². The lowest BCUT2D eigenvalue weighted by Gasteiger charge is -2.11. The first kappa shape index (κ1) is 11.0. The van der Waals surface area contributed by atoms with Gasteiger partial charge in [-0.15, -0.1) is 0 Å². The second kappa shape index (κ2) is 5.01. The maximum Gasteiger partial charge on any atom is 0.147 e. The third-order valence-corrected chi connectivity index (χ3v) is 2.90. The minimum atomic E-state index is 0.873. The topological polar surface area (TPSA) is 24.8 Å². The highest BCUT2D eigenvalue weighted by Gasteiger charge is 2.08. The monoisotopic (exact) mass is 218 g/mol. The van der Waals surface area contributed by atoms with Gasteiger partial charge in [-0.1, -0.05) is 12.1 Å². The van der Waals surface area contributed by atoms with Crippen LogP contribution in [0.5, 0.6) is 5.75 Å². The van der Waals surface area contributed by atoms with E-state index in [4.69, 9.17) is 4.74 Å². The van der Waals surface area contributed by atoms with Crippen molar-refractivity contribution in [2.75, 3.05) is 20.2 Å². The van der Waals surface area contributed by atoms with Crippen LogP contribution in [0.15, 0.2) is 23.2 Å². The molecule has 1 aliphatic heterocycles. The summed E-state index contributed by atoms with van der Waals surface area (Å²) in [6, 6.07) is 6.03. The summed E-state index contributed by atoms with van der Waals surface area (Å²) in [5, 5.41) is 0. The van der Waals surface area contributed by atoms with Crippen LogP contribution < -0.4 is 4.74 Å². The van der Waals surface area contributed by atoms with Crippen LogP contribution in [-0.4, -0.2) is 31.4 Å². The molecule has 1 aromatic rings. The molecule has 0 aliphatic carbocycles. The Labute approximate surface area is 96.7 Å². The van der Waals surface area contributed by atoms with E-state index in [9.17, 15) is 0 Å². The Morgan fingerprint density at radius 3 is 2.75 bits per heavy atom. The molecule has 0 saturated carbocycles. The SMILES string of the molecule is COc1c(C)cccc1N=CN1CCCC1. The van der Waals surface area contributed by atoms with Crippen LogP contribution in [0.4, 0.5) is 5.69 Å². The summed E-state index contributed by atoms with van der Waals surface area (Å²) in [6.07, 6.45) is 4.48. The average Bonchev–Trinajstić information content (AvgIpc) is 2.79. The summed E-state index contributed by atoms with van der Waals surface area (Å²) in [4.78, 5) is 6.75. The Balaban J connectivity index is 2.16. The number of nitrogens with zero attached hydrogens (tertiary/aromatic N) is 2. The highest BCUT2D eigenvalue weighted by Crippen LogP contribution is 2.30. The molecule has 0 amide bonds. The van der Waals surface area contributed by atoms with Gasteiger partial charge in [-0.2, -0.15) is 0 Å². The lowest BCUT2D eigenvalue weighted by atomic mass is 10.2. The quantitative estimate of drug-likeness (QED) is 0.575. The molecule has 1 saturated heterocycles. The van der Waals surface area contributed by atoms with Crippen molar-refractivity contribution in [1.29, 1.82) is 0 Å². The van der Waals surface area contributed by atoms with Crippen LogP contribution in [0.2, 0.25) is 0 Å². The molecule has 0 radical (unpaired) electrons. The smallest absolute Gasteiger partial charge is 0.147 e. The van der Waals surface area contributed by atoms with E-state index in [1.165, 1.54) is 12.8 Å². The summed E-state index contributed by atoms with van der Waals surface area (Å²) in [5.41, 5.74) is 2.04. The van der Waals surface area contributed by atoms with Gasteiger partial charge in [-0.3, -0.25) is 0 Å². The van der Waals surface area contributed by atoms with Crippen molar-refractivity contribution < 1.29 is 4.74 Å². The number of ether oxygens (including phenoxy) is 1. The average molecular weight is 218 g/mol. The zero-order chi connectivity index (χ0) is 11.4. The standard InChI is InChI=1S/C13H18N2O/c1-11-6-5-7-12(13(11)16-2)14-10-15-8-3-4-9-15/h5-7,10H,3-4,8-9H2,1-2H3. The van der Waals surface area contributed by atoms with E-state index in [1.807, 2.05) is 31.5 Å². The Bertz CT molecular complexity index is 382. The molecular weight excluding hydrogens is 200 g/mol. The number of likely N-dealkylation sites (tertiary alicyclic amines) is 1. The van der Waals surface area contributed by atoms with Gasteiger partial charge in [0.1, 0.15) is 11.4 Å². The van der Waals surface area contributed by atoms with Gasteiger partial charge >= 0.3 is 0 Å². The Hall–Kier alpha value is -1.51. The van der Waals surface area contributed by atoms with E-state index in [2.05, 4.69) is 9.89 Å². The van der Waals surface area contributed by atoms with Gasteiger partial charge in [-0.25, -0.2) is 4.99 Å². The van der Waals surface area contributed by atoms with Gasteiger partial charge in [0.2, 0.25) is 0 Å². The molecule has 0 unspecified atom stereocenters. The molecule has 1 fully saturated rings. The zero-order valence-corrected chi connectivity index (χ0v) is 9.94. The van der Waals surface area contributed by atoms with Crippen LogP contribution in [0.25, 0.3) is 0 Å². The number of aliphatic imine (C=N–C) groups is 1. The summed E-state index contributed by atoms with van der Waals surface area (Å²) >= 11 is 0. The molecule has 3 nitrogen and oxygen atoms in total. The van der Waals surface area contributed by atoms with Gasteiger partial charge in [0, 0.05) is 13.1 Å². The molecule has 1 aromatic carbocycles. The number of hydrogen-bond donors (Lipinski definition) is 0. The highest BCUT2D eigenvalue weighted by atomic mass is 16.5. The highest BCUT2D eigenvalue weighted by molar-refractivity contribution is 5.66. The maximum absolute atomic E-state index is 5.36. The van der Waals surface area contributed by atoms with Crippen molar-refractivity contribution >= 4 is 12.0 Å². The first-order valence-corrected chi connectivity index (χ1v) is 5.73. The van der Waals surface area contributed by atoms with E-state index >= 15 is 0 Å². The van der Waals surface area contributed by atoms with Crippen molar-refractivity contribution in [2.45, 2.75) is 19.8 Å². The molecule has 16 heavy (non-hydrogen) atoms. The van der Waals surface area contributed by atoms with Crippen LogP contribution in [-0.2, 0) is 0 Å². The molecule has 0 atom stereocenters. The molecular formula is C13H18N2O. The van der Waals surface area contributed by atoms with Crippen molar-refractivity contribution in [1.82, 2.24) is 4.90 Å². The first-order valence-electron chi connectivity index (χ1n) is 5.73. The predicted octanol–water partition coefficient (Wildman–Crippen LogP) is 2.76. The van der Waals surface area contributed by atoms with Crippen molar-refractivity contribution in [3.63, 3.8) is 0 Å². The fourth-order valence-corrected chi connectivity index (χ4v) is 2.01. The molecule has 0 aromatic heterocycles. The number of aryl methyl sites for hydroxylation is 1. The molecule has 3 heteroatoms. The number of rotatable bonds is 3. The van der Waals surface area contributed by atoms with Gasteiger partial charge in [0.05, 0.1) is 13.4 Å². The lowest BCUT2D eigenvalue weighted by Crippen LogP contribution is -2.16. The summed E-state index contributed by atoms with van der Waals surface area (Å²) in [6.45, 7) is 4.28. The van der Waals surface area contributed by atoms with Gasteiger partial charge < -0.3 is 9.64 Å². The third-order valence-electron chi connectivity index (χ3n) is 2.90. The normalized spacial score (nSPS) is 16.0. The molecule has 1 aliphatic rings. The Kier molecular flexibility index (Phi) is 3.44. The van der Waals surface area contributed by atoms with Crippen molar-refractivity contribution in [3.05, 3.63) is 23.8 Å². The fourth-order valence-electron chi connectivity index (χ4n) is 2.01. The minimum Gasteiger partial charge on any atom is -0.494 e. The molecule has 0 bridgehead atoms. The van der Waals surface area contributed by atoms with Crippen molar-refractivity contribution in [3.8, 4) is 5.75 Å². The molecule has 2 rings (SSSR count). The third kappa shape index (κ3) is 2.35. The first-order chi connectivity index (χ1) is 7.81. The van der Waals surface area contributed by atoms with E-state index in [0.29, 0.717) is 0 Å². The Morgan fingerprint density at radius 1 is 1.31 bits per heavy atom. The van der Waals surface area contributed by atoms with Gasteiger partial charge in [-0.05, 0) is 31.4 Å². The van der Waals surface area contributed by atoms with E-state index < -0.39 is 0 Å². The number of para-hydroxylation sites is 1. The number of hydrogen-bond acceptors (Lipinski definition) is 2. The van der Waals surface area contributed by atoms with Crippen LogP contribution >= 0.6 is 0 Å². The van der Waals surface area contributed by atoms with E-state index in [-0.39, 0.29) is 0 Å². The summed E-state index contributed by atoms with van der Waals surface area (Å²) in [7, 11) is 1.69. The maximum atomic E-state index is 5.36. The molecule has 0 spiro atoms. The predicted molar refractivity (Wildman–Crippen MR) is 66.7 cm³/mol. The summed E-state index contributed by atoms with van der Waals surface area (Å²) in [5.74, 6) is 0.873. The number of benzene rings is 1. The lowest BCUT2D eigenvalue weighted by molar-refractivity contribution is 0.413. The van der Waals surface area contributed by atoms with Crippen LogP contribution in [0.3, 0.4) is 0 Å². The van der Waals surface area contributed by atoms with Crippen molar-refractivity contribution in [2.24, 2.45) is 4.99 Å². The van der Waals surface area contributed by atoms with E-state index in [0.717, 1.165) is 30.1 Å².